The Balaban J connectivity index is 2.10. The number of fused-ring (bicyclic) bond motifs is 2. The van der Waals surface area contributed by atoms with Crippen LogP contribution < -0.4 is 5.63 Å². The zero-order valence-corrected chi connectivity index (χ0v) is 15.9. The molecule has 0 atom stereocenters. The normalized spacial score (nSPS) is 11.5. The van der Waals surface area contributed by atoms with Gasteiger partial charge in [-0.2, -0.15) is 0 Å². The Bertz CT molecular complexity index is 1160. The predicted molar refractivity (Wildman–Crippen MR) is 104 cm³/mol. The minimum absolute atomic E-state index is 0.255. The minimum atomic E-state index is -0.255. The second-order valence-corrected chi connectivity index (χ2v) is 7.17. The molecule has 0 radical (unpaired) electrons. The van der Waals surface area contributed by atoms with Crippen LogP contribution in [0.4, 0.5) is 0 Å². The third-order valence-corrected chi connectivity index (χ3v) is 5.38. The van der Waals surface area contributed by atoms with Crippen LogP contribution in [0.3, 0.4) is 0 Å². The molecular weight excluding hydrogens is 380 g/mol. The maximum absolute atomic E-state index is 12.2. The summed E-state index contributed by atoms with van der Waals surface area (Å²) in [5.41, 5.74) is 5.83. The SMILES string of the molecule is CCc1c(C)c2cc3c(-c4ccc(Br)cc4)coc3c(C)c2oc1=O. The Morgan fingerprint density at radius 2 is 1.72 bits per heavy atom. The molecule has 0 unspecified atom stereocenters. The molecule has 2 heterocycles. The third kappa shape index (κ3) is 2.44. The van der Waals surface area contributed by atoms with Gasteiger partial charge in [0.05, 0.1) is 6.26 Å². The summed E-state index contributed by atoms with van der Waals surface area (Å²) in [7, 11) is 0. The lowest BCUT2D eigenvalue weighted by atomic mass is 9.97. The molecule has 4 heteroatoms. The van der Waals surface area contributed by atoms with Gasteiger partial charge in [0.25, 0.3) is 0 Å². The van der Waals surface area contributed by atoms with E-state index in [0.717, 1.165) is 48.6 Å². The van der Waals surface area contributed by atoms with Crippen LogP contribution in [0.2, 0.25) is 0 Å². The summed E-state index contributed by atoms with van der Waals surface area (Å²) < 4.78 is 12.5. The number of hydrogen-bond donors (Lipinski definition) is 0. The maximum atomic E-state index is 12.2. The van der Waals surface area contributed by atoms with Gasteiger partial charge in [-0.3, -0.25) is 0 Å². The quantitative estimate of drug-likeness (QED) is 0.381. The van der Waals surface area contributed by atoms with Gasteiger partial charge in [0.1, 0.15) is 11.2 Å². The van der Waals surface area contributed by atoms with Crippen LogP contribution in [0.25, 0.3) is 33.1 Å². The third-order valence-electron chi connectivity index (χ3n) is 4.85. The Morgan fingerprint density at radius 3 is 2.40 bits per heavy atom. The molecule has 0 saturated carbocycles. The first-order chi connectivity index (χ1) is 12.0. The van der Waals surface area contributed by atoms with Crippen LogP contribution in [0.1, 0.15) is 23.6 Å². The number of furan rings is 1. The van der Waals surface area contributed by atoms with Gasteiger partial charge in [-0.1, -0.05) is 35.0 Å². The molecule has 4 rings (SSSR count). The summed E-state index contributed by atoms with van der Waals surface area (Å²) in [6, 6.07) is 10.2. The molecule has 0 bridgehead atoms. The first kappa shape index (κ1) is 16.2. The lowest BCUT2D eigenvalue weighted by molar-refractivity contribution is 0.546. The summed E-state index contributed by atoms with van der Waals surface area (Å²) in [5.74, 6) is 0. The molecule has 0 aliphatic rings. The zero-order chi connectivity index (χ0) is 17.7. The lowest BCUT2D eigenvalue weighted by Crippen LogP contribution is -2.09. The molecule has 126 valence electrons. The van der Waals surface area contributed by atoms with Gasteiger partial charge in [-0.15, -0.1) is 0 Å². The van der Waals surface area contributed by atoms with E-state index in [1.165, 1.54) is 0 Å². The number of rotatable bonds is 2. The Morgan fingerprint density at radius 1 is 1.00 bits per heavy atom. The molecule has 4 aromatic rings. The van der Waals surface area contributed by atoms with E-state index in [4.69, 9.17) is 8.83 Å². The Kier molecular flexibility index (Phi) is 3.80. The van der Waals surface area contributed by atoms with E-state index in [2.05, 4.69) is 34.1 Å². The molecule has 0 aliphatic carbocycles. The van der Waals surface area contributed by atoms with Crippen LogP contribution in [-0.2, 0) is 6.42 Å². The van der Waals surface area contributed by atoms with Crippen LogP contribution in [0.15, 0.2) is 54.7 Å². The summed E-state index contributed by atoms with van der Waals surface area (Å²) in [4.78, 5) is 12.2. The van der Waals surface area contributed by atoms with Gasteiger partial charge >= 0.3 is 5.63 Å². The van der Waals surface area contributed by atoms with E-state index in [1.54, 1.807) is 6.26 Å². The van der Waals surface area contributed by atoms with Crippen molar-refractivity contribution in [3.8, 4) is 11.1 Å². The summed E-state index contributed by atoms with van der Waals surface area (Å²) in [6.07, 6.45) is 2.43. The molecule has 0 saturated heterocycles. The van der Waals surface area contributed by atoms with Crippen molar-refractivity contribution in [2.24, 2.45) is 0 Å². The monoisotopic (exact) mass is 396 g/mol. The number of hydrogen-bond acceptors (Lipinski definition) is 3. The minimum Gasteiger partial charge on any atom is -0.463 e. The van der Waals surface area contributed by atoms with Gasteiger partial charge in [0, 0.05) is 31.9 Å². The summed E-state index contributed by atoms with van der Waals surface area (Å²) in [6.45, 7) is 5.90. The Labute approximate surface area is 153 Å². The second kappa shape index (κ2) is 5.88. The zero-order valence-electron chi connectivity index (χ0n) is 14.3. The molecule has 0 amide bonds. The fourth-order valence-electron chi connectivity index (χ4n) is 3.46. The largest absolute Gasteiger partial charge is 0.463 e. The van der Waals surface area contributed by atoms with Gasteiger partial charge in [-0.05, 0) is 49.6 Å². The molecule has 3 nitrogen and oxygen atoms in total. The van der Waals surface area contributed by atoms with E-state index >= 15 is 0 Å². The topological polar surface area (TPSA) is 43.4 Å². The fourth-order valence-corrected chi connectivity index (χ4v) is 3.72. The van der Waals surface area contributed by atoms with Crippen molar-refractivity contribution in [3.63, 3.8) is 0 Å². The first-order valence-electron chi connectivity index (χ1n) is 8.24. The van der Waals surface area contributed by atoms with E-state index < -0.39 is 0 Å². The molecular formula is C21H17BrO3. The van der Waals surface area contributed by atoms with E-state index in [9.17, 15) is 4.79 Å². The number of halogens is 1. The van der Waals surface area contributed by atoms with Gasteiger partial charge in [0.15, 0.2) is 0 Å². The van der Waals surface area contributed by atoms with Gasteiger partial charge in [-0.25, -0.2) is 4.79 Å². The van der Waals surface area contributed by atoms with E-state index in [0.29, 0.717) is 12.0 Å². The van der Waals surface area contributed by atoms with Crippen molar-refractivity contribution < 1.29 is 8.83 Å². The van der Waals surface area contributed by atoms with Crippen molar-refractivity contribution in [1.82, 2.24) is 0 Å². The molecule has 0 N–H and O–H groups in total. The van der Waals surface area contributed by atoms with Crippen LogP contribution in [0, 0.1) is 13.8 Å². The van der Waals surface area contributed by atoms with Gasteiger partial charge < -0.3 is 8.83 Å². The molecule has 0 spiro atoms. The predicted octanol–water partition coefficient (Wildman–Crippen LogP) is 6.15. The molecule has 2 aromatic carbocycles. The fraction of sp³-hybridized carbons (Fsp3) is 0.190. The highest BCUT2D eigenvalue weighted by atomic mass is 79.9. The number of aryl methyl sites for hydroxylation is 2. The standard InChI is InChI=1S/C21H17BrO3/c1-4-15-11(2)16-9-17-18(13-5-7-14(22)8-6-13)10-24-19(17)12(3)20(16)25-21(15)23/h5-10H,4H2,1-3H3. The van der Waals surface area contributed by atoms with Crippen LogP contribution in [0.5, 0.6) is 0 Å². The highest BCUT2D eigenvalue weighted by Gasteiger charge is 2.18. The average Bonchev–Trinajstić information content (AvgIpc) is 3.02. The van der Waals surface area contributed by atoms with E-state index in [1.807, 2.05) is 32.9 Å². The second-order valence-electron chi connectivity index (χ2n) is 6.26. The van der Waals surface area contributed by atoms with E-state index in [-0.39, 0.29) is 5.63 Å². The average molecular weight is 397 g/mol. The highest BCUT2D eigenvalue weighted by Crippen LogP contribution is 2.37. The van der Waals surface area contributed by atoms with Crippen LogP contribution >= 0.6 is 15.9 Å². The van der Waals surface area contributed by atoms with Gasteiger partial charge in [0.2, 0.25) is 0 Å². The van der Waals surface area contributed by atoms with Crippen molar-refractivity contribution in [1.29, 1.82) is 0 Å². The summed E-state index contributed by atoms with van der Waals surface area (Å²) in [5, 5.41) is 2.01. The smallest absolute Gasteiger partial charge is 0.339 e. The van der Waals surface area contributed by atoms with Crippen LogP contribution in [-0.4, -0.2) is 0 Å². The molecule has 2 aromatic heterocycles. The first-order valence-corrected chi connectivity index (χ1v) is 9.03. The van der Waals surface area contributed by atoms with Crippen molar-refractivity contribution in [3.05, 3.63) is 68.2 Å². The molecule has 25 heavy (non-hydrogen) atoms. The van der Waals surface area contributed by atoms with Crippen molar-refractivity contribution in [2.75, 3.05) is 0 Å². The molecule has 0 fully saturated rings. The summed E-state index contributed by atoms with van der Waals surface area (Å²) >= 11 is 3.47. The number of benzene rings is 2. The highest BCUT2D eigenvalue weighted by molar-refractivity contribution is 9.10. The Hall–Kier alpha value is -2.33. The maximum Gasteiger partial charge on any atom is 0.339 e. The van der Waals surface area contributed by atoms with Crippen molar-refractivity contribution >= 4 is 37.9 Å². The molecule has 0 aliphatic heterocycles. The van der Waals surface area contributed by atoms with Crippen molar-refractivity contribution in [2.45, 2.75) is 27.2 Å². The lowest BCUT2D eigenvalue weighted by Gasteiger charge is -2.09.